The lowest BCUT2D eigenvalue weighted by molar-refractivity contribution is -0.138. The molecule has 0 radical (unpaired) electrons. The first kappa shape index (κ1) is 24.8. The van der Waals surface area contributed by atoms with Gasteiger partial charge in [-0.15, -0.1) is 6.58 Å². The number of ether oxygens (including phenoxy) is 3. The molecule has 2 aliphatic carbocycles. The number of ketones is 1. The molecule has 31 heavy (non-hydrogen) atoms. The molecule has 0 unspecified atom stereocenters. The Bertz CT molecular complexity index is 855. The van der Waals surface area contributed by atoms with E-state index in [0.717, 1.165) is 31.9 Å². The third kappa shape index (κ3) is 4.43. The van der Waals surface area contributed by atoms with E-state index in [0.29, 0.717) is 6.42 Å². The summed E-state index contributed by atoms with van der Waals surface area (Å²) in [6.07, 6.45) is 4.19. The zero-order valence-electron chi connectivity index (χ0n) is 19.1. The summed E-state index contributed by atoms with van der Waals surface area (Å²) in [4.78, 5) is 27.8. The highest BCUT2D eigenvalue weighted by Gasteiger charge is 2.53. The summed E-state index contributed by atoms with van der Waals surface area (Å²) in [5.41, 5.74) is -0.420. The van der Waals surface area contributed by atoms with Crippen LogP contribution in [0.25, 0.3) is 4.98 Å². The van der Waals surface area contributed by atoms with Gasteiger partial charge in [0, 0.05) is 24.5 Å². The minimum absolute atomic E-state index is 0.00425. The summed E-state index contributed by atoms with van der Waals surface area (Å²) in [6.45, 7) is 9.60. The Labute approximate surface area is 183 Å². The van der Waals surface area contributed by atoms with Gasteiger partial charge in [0.1, 0.15) is 6.79 Å². The summed E-state index contributed by atoms with van der Waals surface area (Å²) in [6, 6.07) is 0. The molecule has 2 aliphatic rings. The van der Waals surface area contributed by atoms with Gasteiger partial charge in [-0.2, -0.15) is 0 Å². The Morgan fingerprint density at radius 1 is 1.42 bits per heavy atom. The number of hydrogen-bond acceptors (Lipinski definition) is 7. The average Bonchev–Trinajstić information content (AvgIpc) is 3.15. The Hall–Kier alpha value is -2.50. The van der Waals surface area contributed by atoms with Crippen molar-refractivity contribution in [2.45, 2.75) is 59.0 Å². The summed E-state index contributed by atoms with van der Waals surface area (Å²) in [5.74, 6) is -1.19. The van der Waals surface area contributed by atoms with Crippen LogP contribution >= 0.6 is 0 Å². The van der Waals surface area contributed by atoms with E-state index in [1.54, 1.807) is 6.92 Å². The normalized spacial score (nSPS) is 27.0. The SMILES string of the molecule is C=C[C@](C)(C[C@@H](OCOC)[C@]1(C)C2=C(CCC2=O)CC[C@@H]1C)C(O)=C([N+]#N)C(=O)OC. The van der Waals surface area contributed by atoms with Crippen LogP contribution in [-0.4, -0.2) is 44.0 Å². The highest BCUT2D eigenvalue weighted by atomic mass is 16.7. The summed E-state index contributed by atoms with van der Waals surface area (Å²) in [7, 11) is 2.64. The van der Waals surface area contributed by atoms with Gasteiger partial charge in [-0.05, 0) is 38.5 Å². The van der Waals surface area contributed by atoms with E-state index in [2.05, 4.69) is 23.2 Å². The van der Waals surface area contributed by atoms with Crippen LogP contribution in [0.1, 0.15) is 52.9 Å². The molecule has 0 aromatic carbocycles. The molecule has 8 heteroatoms. The zero-order chi connectivity index (χ0) is 23.4. The molecule has 170 valence electrons. The van der Waals surface area contributed by atoms with Gasteiger partial charge in [0.2, 0.25) is 11.2 Å². The first-order valence-electron chi connectivity index (χ1n) is 10.5. The van der Waals surface area contributed by atoms with Crippen molar-refractivity contribution in [3.8, 4) is 0 Å². The second-order valence-electron chi connectivity index (χ2n) is 8.80. The van der Waals surface area contributed by atoms with Crippen molar-refractivity contribution in [1.29, 1.82) is 5.39 Å². The molecule has 2 rings (SSSR count). The van der Waals surface area contributed by atoms with Crippen molar-refractivity contribution < 1.29 is 28.9 Å². The third-order valence-electron chi connectivity index (χ3n) is 7.09. The van der Waals surface area contributed by atoms with Gasteiger partial charge in [-0.3, -0.25) is 4.79 Å². The van der Waals surface area contributed by atoms with Crippen LogP contribution in [-0.2, 0) is 23.8 Å². The lowest BCUT2D eigenvalue weighted by Gasteiger charge is -2.47. The van der Waals surface area contributed by atoms with E-state index in [1.807, 2.05) is 6.92 Å². The van der Waals surface area contributed by atoms with Gasteiger partial charge < -0.3 is 19.3 Å². The number of rotatable bonds is 9. The Balaban J connectivity index is 2.58. The number of aliphatic hydroxyl groups is 1. The lowest BCUT2D eigenvalue weighted by atomic mass is 9.59. The van der Waals surface area contributed by atoms with Crippen molar-refractivity contribution in [3.63, 3.8) is 0 Å². The average molecular weight is 434 g/mol. The molecule has 0 aromatic rings. The van der Waals surface area contributed by atoms with Crippen LogP contribution in [0.2, 0.25) is 0 Å². The molecule has 0 heterocycles. The number of diazo groups is 1. The van der Waals surface area contributed by atoms with Gasteiger partial charge >= 0.3 is 11.7 Å². The van der Waals surface area contributed by atoms with Gasteiger partial charge in [0.05, 0.1) is 18.6 Å². The molecule has 0 spiro atoms. The van der Waals surface area contributed by atoms with Gasteiger partial charge in [0.25, 0.3) is 0 Å². The van der Waals surface area contributed by atoms with Crippen molar-refractivity contribution >= 4 is 11.8 Å². The molecule has 0 bridgehead atoms. The summed E-state index contributed by atoms with van der Waals surface area (Å²) < 4.78 is 15.9. The maximum Gasteiger partial charge on any atom is 0.506 e. The summed E-state index contributed by atoms with van der Waals surface area (Å²) >= 11 is 0. The van der Waals surface area contributed by atoms with E-state index >= 15 is 0 Å². The van der Waals surface area contributed by atoms with Gasteiger partial charge in [0.15, 0.2) is 10.8 Å². The fourth-order valence-electron chi connectivity index (χ4n) is 4.87. The second kappa shape index (κ2) is 9.75. The van der Waals surface area contributed by atoms with E-state index in [9.17, 15) is 20.1 Å². The number of esters is 1. The maximum absolute atomic E-state index is 12.9. The fourth-order valence-corrected chi connectivity index (χ4v) is 4.87. The van der Waals surface area contributed by atoms with Crippen LogP contribution in [0.15, 0.2) is 35.3 Å². The van der Waals surface area contributed by atoms with Crippen molar-refractivity contribution in [1.82, 2.24) is 0 Å². The topological polar surface area (TPSA) is 110 Å². The number of carbonyl (C=O) groups is 2. The number of nitrogens with zero attached hydrogens (tertiary/aromatic N) is 2. The molecular formula is C23H33N2O6+. The summed E-state index contributed by atoms with van der Waals surface area (Å²) in [5, 5.41) is 20.2. The van der Waals surface area contributed by atoms with Crippen LogP contribution in [0.3, 0.4) is 0 Å². The molecule has 0 amide bonds. The molecule has 1 N–H and O–H groups in total. The van der Waals surface area contributed by atoms with Crippen LogP contribution in [0.4, 0.5) is 0 Å². The Kier molecular flexibility index (Phi) is 7.79. The second-order valence-corrected chi connectivity index (χ2v) is 8.80. The van der Waals surface area contributed by atoms with Gasteiger partial charge in [-0.25, -0.2) is 4.79 Å². The fraction of sp³-hybridized carbons (Fsp3) is 0.652. The first-order valence-corrected chi connectivity index (χ1v) is 10.5. The maximum atomic E-state index is 12.9. The number of hydrogen-bond donors (Lipinski definition) is 1. The van der Waals surface area contributed by atoms with Crippen molar-refractivity contribution in [3.05, 3.63) is 40.2 Å². The number of aliphatic hydroxyl groups excluding tert-OH is 1. The van der Waals surface area contributed by atoms with Gasteiger partial charge in [-0.1, -0.05) is 25.5 Å². The number of carbonyl (C=O) groups excluding carboxylic acids is 2. The minimum Gasteiger partial charge on any atom is -0.504 e. The smallest absolute Gasteiger partial charge is 0.504 e. The largest absolute Gasteiger partial charge is 0.506 e. The quantitative estimate of drug-likeness (QED) is 0.143. The predicted octanol–water partition coefficient (Wildman–Crippen LogP) is 4.45. The lowest BCUT2D eigenvalue weighted by Crippen LogP contribution is -2.47. The third-order valence-corrected chi connectivity index (χ3v) is 7.09. The molecule has 4 atom stereocenters. The van der Waals surface area contributed by atoms with E-state index in [4.69, 9.17) is 9.47 Å². The minimum atomic E-state index is -1.20. The van der Waals surface area contributed by atoms with E-state index in [1.165, 1.54) is 18.8 Å². The Morgan fingerprint density at radius 2 is 2.10 bits per heavy atom. The molecular weight excluding hydrogens is 400 g/mol. The van der Waals surface area contributed by atoms with E-state index < -0.39 is 34.4 Å². The predicted molar refractivity (Wildman–Crippen MR) is 114 cm³/mol. The van der Waals surface area contributed by atoms with Crippen molar-refractivity contribution in [2.24, 2.45) is 16.7 Å². The molecule has 0 aliphatic heterocycles. The Morgan fingerprint density at radius 3 is 2.65 bits per heavy atom. The molecule has 0 saturated carbocycles. The number of methoxy groups -OCH3 is 2. The van der Waals surface area contributed by atoms with E-state index in [-0.39, 0.29) is 24.9 Å². The van der Waals surface area contributed by atoms with Crippen LogP contribution in [0, 0.1) is 22.1 Å². The molecule has 0 fully saturated rings. The number of Topliss-reactive ketones (excluding diaryl/α,β-unsaturated/α-hetero) is 1. The molecule has 8 nitrogen and oxygen atoms in total. The van der Waals surface area contributed by atoms with Crippen molar-refractivity contribution in [2.75, 3.05) is 21.0 Å². The molecule has 0 aromatic heterocycles. The highest BCUT2D eigenvalue weighted by molar-refractivity contribution is 6.00. The first-order chi connectivity index (χ1) is 14.6. The highest BCUT2D eigenvalue weighted by Crippen LogP contribution is 2.54. The molecule has 0 saturated heterocycles. The monoisotopic (exact) mass is 433 g/mol. The standard InChI is InChI=1S/C23H32N2O6/c1-7-22(3,20(27)19(25-24)21(28)30-6)12-17(31-13-29-5)23(4)14(2)8-9-15-10-11-16(26)18(15)23/h7,14,17H,1,8-13H2,2-6H3/p+1/t14-,17+,22+,23+/m0/s1. The van der Waals surface area contributed by atoms with Crippen LogP contribution in [0.5, 0.6) is 0 Å². The zero-order valence-corrected chi connectivity index (χ0v) is 19.1. The number of allylic oxidation sites excluding steroid dienone is 2. The van der Waals surface area contributed by atoms with Crippen LogP contribution < -0.4 is 0 Å².